The number of para-hydroxylation sites is 2. The van der Waals surface area contributed by atoms with Crippen LogP contribution in [0.1, 0.15) is 19.8 Å². The van der Waals surface area contributed by atoms with Crippen molar-refractivity contribution in [2.75, 3.05) is 56.1 Å². The van der Waals surface area contributed by atoms with Crippen LogP contribution >= 0.6 is 0 Å². The highest BCUT2D eigenvalue weighted by Crippen LogP contribution is 2.28. The Morgan fingerprint density at radius 3 is 2.53 bits per heavy atom. The summed E-state index contributed by atoms with van der Waals surface area (Å²) in [5.41, 5.74) is 1.24. The van der Waals surface area contributed by atoms with Crippen LogP contribution in [0.2, 0.25) is 0 Å². The third kappa shape index (κ3) is 5.19. The van der Waals surface area contributed by atoms with Gasteiger partial charge >= 0.3 is 12.1 Å². The fourth-order valence-electron chi connectivity index (χ4n) is 3.46. The van der Waals surface area contributed by atoms with Crippen LogP contribution in [0.25, 0.3) is 0 Å². The molecule has 162 valence electrons. The van der Waals surface area contributed by atoms with E-state index in [0.29, 0.717) is 63.5 Å². The molecular formula is C20H27N5O5. The molecule has 30 heavy (non-hydrogen) atoms. The van der Waals surface area contributed by atoms with Crippen molar-refractivity contribution in [1.29, 1.82) is 0 Å². The Morgan fingerprint density at radius 2 is 1.80 bits per heavy atom. The van der Waals surface area contributed by atoms with Crippen LogP contribution in [0.15, 0.2) is 24.3 Å². The van der Waals surface area contributed by atoms with Crippen LogP contribution in [0.4, 0.5) is 21.0 Å². The van der Waals surface area contributed by atoms with Crippen molar-refractivity contribution in [3.8, 4) is 0 Å². The Morgan fingerprint density at radius 1 is 1.10 bits per heavy atom. The number of fused-ring (bicyclic) bond motifs is 1. The molecule has 0 unspecified atom stereocenters. The summed E-state index contributed by atoms with van der Waals surface area (Å²) in [6.45, 7) is 4.23. The fourth-order valence-corrected chi connectivity index (χ4v) is 3.46. The van der Waals surface area contributed by atoms with Crippen molar-refractivity contribution in [3.05, 3.63) is 24.3 Å². The Labute approximate surface area is 175 Å². The molecule has 2 heterocycles. The SMILES string of the molecule is CCOC(=O)N1CCN(C(=O)CCCNC(=O)N2CC(=O)Nc3ccccc32)CC1. The highest BCUT2D eigenvalue weighted by Gasteiger charge is 2.27. The molecule has 0 atom stereocenters. The minimum Gasteiger partial charge on any atom is -0.450 e. The topological polar surface area (TPSA) is 111 Å². The van der Waals surface area contributed by atoms with Crippen LogP contribution in [-0.4, -0.2) is 79.6 Å². The summed E-state index contributed by atoms with van der Waals surface area (Å²) in [7, 11) is 0. The van der Waals surface area contributed by atoms with Crippen LogP contribution in [0, 0.1) is 0 Å². The molecule has 0 radical (unpaired) electrons. The van der Waals surface area contributed by atoms with Gasteiger partial charge in [-0.2, -0.15) is 0 Å². The van der Waals surface area contributed by atoms with Gasteiger partial charge in [-0.05, 0) is 25.5 Å². The summed E-state index contributed by atoms with van der Waals surface area (Å²) in [6.07, 6.45) is 0.446. The predicted octanol–water partition coefficient (Wildman–Crippen LogP) is 1.24. The first-order valence-electron chi connectivity index (χ1n) is 10.1. The second kappa shape index (κ2) is 9.95. The number of nitrogens with one attached hydrogen (secondary N) is 2. The van der Waals surface area contributed by atoms with Gasteiger partial charge in [-0.25, -0.2) is 9.59 Å². The summed E-state index contributed by atoms with van der Waals surface area (Å²) < 4.78 is 4.97. The second-order valence-corrected chi connectivity index (χ2v) is 7.05. The van der Waals surface area contributed by atoms with E-state index in [0.717, 1.165) is 0 Å². The minimum absolute atomic E-state index is 0.00421. The van der Waals surface area contributed by atoms with Crippen LogP contribution < -0.4 is 15.5 Å². The number of rotatable bonds is 5. The quantitative estimate of drug-likeness (QED) is 0.700. The zero-order valence-electron chi connectivity index (χ0n) is 17.1. The number of hydrogen-bond acceptors (Lipinski definition) is 5. The normalized spacial score (nSPS) is 15.9. The number of amides is 5. The molecule has 0 aromatic heterocycles. The van der Waals surface area contributed by atoms with Crippen molar-refractivity contribution < 1.29 is 23.9 Å². The number of ether oxygens (including phenoxy) is 1. The molecule has 2 aliphatic heterocycles. The van der Waals surface area contributed by atoms with Crippen molar-refractivity contribution in [2.45, 2.75) is 19.8 Å². The maximum Gasteiger partial charge on any atom is 0.409 e. The van der Waals surface area contributed by atoms with Gasteiger partial charge in [0, 0.05) is 39.1 Å². The third-order valence-electron chi connectivity index (χ3n) is 5.02. The Hall–Kier alpha value is -3.30. The van der Waals surface area contributed by atoms with E-state index in [4.69, 9.17) is 4.74 Å². The lowest BCUT2D eigenvalue weighted by Gasteiger charge is -2.34. The van der Waals surface area contributed by atoms with Gasteiger partial charge in [0.25, 0.3) is 0 Å². The Balaban J connectivity index is 1.39. The van der Waals surface area contributed by atoms with E-state index in [1.807, 2.05) is 0 Å². The van der Waals surface area contributed by atoms with E-state index in [1.54, 1.807) is 41.0 Å². The van der Waals surface area contributed by atoms with E-state index < -0.39 is 0 Å². The lowest BCUT2D eigenvalue weighted by Crippen LogP contribution is -2.50. The average molecular weight is 417 g/mol. The standard InChI is InChI=1S/C20H27N5O5/c1-2-30-20(29)24-12-10-23(11-13-24)18(27)8-5-9-21-19(28)25-14-17(26)22-15-6-3-4-7-16(15)25/h3-4,6-7H,2,5,8-14H2,1H3,(H,21,28)(H,22,26). The van der Waals surface area contributed by atoms with Crippen molar-refractivity contribution in [3.63, 3.8) is 0 Å². The van der Waals surface area contributed by atoms with Gasteiger partial charge in [0.1, 0.15) is 6.54 Å². The highest BCUT2D eigenvalue weighted by molar-refractivity contribution is 6.09. The maximum atomic E-state index is 12.5. The lowest BCUT2D eigenvalue weighted by atomic mass is 10.2. The van der Waals surface area contributed by atoms with E-state index in [2.05, 4.69) is 10.6 Å². The third-order valence-corrected chi connectivity index (χ3v) is 5.02. The molecule has 3 rings (SSSR count). The number of benzene rings is 1. The number of carbonyl (C=O) groups is 4. The first-order chi connectivity index (χ1) is 14.5. The van der Waals surface area contributed by atoms with Gasteiger partial charge in [0.05, 0.1) is 18.0 Å². The summed E-state index contributed by atoms with van der Waals surface area (Å²) >= 11 is 0. The van der Waals surface area contributed by atoms with Gasteiger partial charge < -0.3 is 25.2 Å². The number of urea groups is 1. The van der Waals surface area contributed by atoms with Crippen molar-refractivity contribution in [1.82, 2.24) is 15.1 Å². The molecule has 0 saturated carbocycles. The summed E-state index contributed by atoms with van der Waals surface area (Å²) in [5, 5.41) is 5.51. The number of nitrogens with zero attached hydrogens (tertiary/aromatic N) is 3. The van der Waals surface area contributed by atoms with Gasteiger partial charge in [0.15, 0.2) is 0 Å². The smallest absolute Gasteiger partial charge is 0.409 e. The van der Waals surface area contributed by atoms with Gasteiger partial charge in [-0.1, -0.05) is 12.1 Å². The lowest BCUT2D eigenvalue weighted by molar-refractivity contribution is -0.132. The zero-order chi connectivity index (χ0) is 21.5. The van der Waals surface area contributed by atoms with Crippen molar-refractivity contribution in [2.24, 2.45) is 0 Å². The van der Waals surface area contributed by atoms with E-state index in [1.165, 1.54) is 4.90 Å². The summed E-state index contributed by atoms with van der Waals surface area (Å²) in [5.74, 6) is -0.253. The molecular weight excluding hydrogens is 390 g/mol. The summed E-state index contributed by atoms with van der Waals surface area (Å²) in [6, 6.07) is 6.74. The monoisotopic (exact) mass is 417 g/mol. The Bertz CT molecular complexity index is 807. The van der Waals surface area contributed by atoms with Gasteiger partial charge in [-0.15, -0.1) is 0 Å². The minimum atomic E-state index is -0.368. The largest absolute Gasteiger partial charge is 0.450 e. The molecule has 0 bridgehead atoms. The fraction of sp³-hybridized carbons (Fsp3) is 0.500. The second-order valence-electron chi connectivity index (χ2n) is 7.05. The summed E-state index contributed by atoms with van der Waals surface area (Å²) in [4.78, 5) is 53.1. The predicted molar refractivity (Wildman–Crippen MR) is 110 cm³/mol. The van der Waals surface area contributed by atoms with Gasteiger partial charge in [0.2, 0.25) is 11.8 Å². The molecule has 0 spiro atoms. The molecule has 5 amide bonds. The van der Waals surface area contributed by atoms with E-state index >= 15 is 0 Å². The molecule has 1 fully saturated rings. The molecule has 2 aliphatic rings. The van der Waals surface area contributed by atoms with E-state index in [-0.39, 0.29) is 30.5 Å². The zero-order valence-corrected chi connectivity index (χ0v) is 17.1. The molecule has 1 aromatic rings. The average Bonchev–Trinajstić information content (AvgIpc) is 2.76. The highest BCUT2D eigenvalue weighted by atomic mass is 16.6. The maximum absolute atomic E-state index is 12.5. The Kier molecular flexibility index (Phi) is 7.10. The first-order valence-corrected chi connectivity index (χ1v) is 10.1. The molecule has 2 N–H and O–H groups in total. The van der Waals surface area contributed by atoms with E-state index in [9.17, 15) is 19.2 Å². The number of carbonyl (C=O) groups excluding carboxylic acids is 4. The van der Waals surface area contributed by atoms with Crippen LogP contribution in [0.5, 0.6) is 0 Å². The number of anilines is 2. The van der Waals surface area contributed by atoms with Crippen LogP contribution in [-0.2, 0) is 14.3 Å². The van der Waals surface area contributed by atoms with Gasteiger partial charge in [-0.3, -0.25) is 14.5 Å². The van der Waals surface area contributed by atoms with Crippen molar-refractivity contribution >= 4 is 35.3 Å². The number of piperazine rings is 1. The van der Waals surface area contributed by atoms with Crippen LogP contribution in [0.3, 0.4) is 0 Å². The molecule has 1 saturated heterocycles. The molecule has 0 aliphatic carbocycles. The molecule has 1 aromatic carbocycles. The number of hydrogen-bond donors (Lipinski definition) is 2. The first kappa shape index (κ1) is 21.4. The molecule has 10 nitrogen and oxygen atoms in total. The molecule has 10 heteroatoms.